The number of carbonyl (C=O) groups is 1. The quantitative estimate of drug-likeness (QED) is 0.773. The normalized spacial score (nSPS) is 11.7. The molecule has 1 aromatic rings. The van der Waals surface area contributed by atoms with Crippen molar-refractivity contribution in [2.45, 2.75) is 13.0 Å². The van der Waals surface area contributed by atoms with Crippen LogP contribution in [-0.4, -0.2) is 18.5 Å². The molecule has 0 radical (unpaired) electrons. The van der Waals surface area contributed by atoms with Gasteiger partial charge in [-0.2, -0.15) is 0 Å². The summed E-state index contributed by atoms with van der Waals surface area (Å²) in [5.41, 5.74) is -0.0359. The highest BCUT2D eigenvalue weighted by Crippen LogP contribution is 2.16. The maximum Gasteiger partial charge on any atom is 0.242 e. The standard InChI is InChI=1S/C12H14F2N2O/c1-3-6-15-12(17)8(2)16-11-7-9(13)4-5-10(11)14/h3-5,7-8,16H,1,6H2,2H3,(H,15,17). The lowest BCUT2D eigenvalue weighted by Gasteiger charge is -2.15. The maximum atomic E-state index is 13.3. The summed E-state index contributed by atoms with van der Waals surface area (Å²) in [5.74, 6) is -1.48. The first-order chi connectivity index (χ1) is 8.04. The molecular formula is C12H14F2N2O. The minimum atomic E-state index is -0.661. The molecule has 1 unspecified atom stereocenters. The molecule has 3 nitrogen and oxygen atoms in total. The van der Waals surface area contributed by atoms with Gasteiger partial charge in [0.2, 0.25) is 5.91 Å². The zero-order chi connectivity index (χ0) is 12.8. The Morgan fingerprint density at radius 2 is 2.24 bits per heavy atom. The third-order valence-corrected chi connectivity index (χ3v) is 2.11. The number of halogens is 2. The van der Waals surface area contributed by atoms with Crippen molar-refractivity contribution in [3.63, 3.8) is 0 Å². The number of carbonyl (C=O) groups excluding carboxylic acids is 1. The van der Waals surface area contributed by atoms with E-state index < -0.39 is 17.7 Å². The Labute approximate surface area is 98.5 Å². The van der Waals surface area contributed by atoms with Crippen LogP contribution in [0, 0.1) is 11.6 Å². The Morgan fingerprint density at radius 1 is 1.53 bits per heavy atom. The number of benzene rings is 1. The number of nitrogens with one attached hydrogen (secondary N) is 2. The van der Waals surface area contributed by atoms with E-state index in [1.165, 1.54) is 6.08 Å². The second kappa shape index (κ2) is 5.98. The third-order valence-electron chi connectivity index (χ3n) is 2.11. The van der Waals surface area contributed by atoms with Gasteiger partial charge >= 0.3 is 0 Å². The van der Waals surface area contributed by atoms with Gasteiger partial charge in [0.05, 0.1) is 5.69 Å². The summed E-state index contributed by atoms with van der Waals surface area (Å²) in [6, 6.07) is 2.37. The van der Waals surface area contributed by atoms with Crippen molar-refractivity contribution < 1.29 is 13.6 Å². The SMILES string of the molecule is C=CCNC(=O)C(C)Nc1cc(F)ccc1F. The van der Waals surface area contributed by atoms with Crippen molar-refractivity contribution in [2.75, 3.05) is 11.9 Å². The summed E-state index contributed by atoms with van der Waals surface area (Å²) in [7, 11) is 0. The van der Waals surface area contributed by atoms with Crippen molar-refractivity contribution in [1.29, 1.82) is 0 Å². The van der Waals surface area contributed by atoms with Crippen LogP contribution in [0.3, 0.4) is 0 Å². The van der Waals surface area contributed by atoms with Crippen LogP contribution in [0.15, 0.2) is 30.9 Å². The molecule has 0 bridgehead atoms. The zero-order valence-electron chi connectivity index (χ0n) is 9.47. The highest BCUT2D eigenvalue weighted by molar-refractivity contribution is 5.84. The van der Waals surface area contributed by atoms with E-state index in [0.717, 1.165) is 18.2 Å². The van der Waals surface area contributed by atoms with Gasteiger partial charge in [0, 0.05) is 6.54 Å². The molecule has 0 fully saturated rings. The van der Waals surface area contributed by atoms with E-state index in [2.05, 4.69) is 17.2 Å². The summed E-state index contributed by atoms with van der Waals surface area (Å²) in [5, 5.41) is 5.15. The average Bonchev–Trinajstić information content (AvgIpc) is 2.30. The predicted octanol–water partition coefficient (Wildman–Crippen LogP) is 2.07. The second-order valence-corrected chi connectivity index (χ2v) is 3.52. The Kier molecular flexibility index (Phi) is 4.63. The molecule has 17 heavy (non-hydrogen) atoms. The van der Waals surface area contributed by atoms with Gasteiger partial charge in [-0.1, -0.05) is 6.08 Å². The van der Waals surface area contributed by atoms with Crippen LogP contribution in [0.2, 0.25) is 0 Å². The highest BCUT2D eigenvalue weighted by atomic mass is 19.1. The monoisotopic (exact) mass is 240 g/mol. The van der Waals surface area contributed by atoms with Gasteiger partial charge in [-0.25, -0.2) is 8.78 Å². The van der Waals surface area contributed by atoms with Crippen LogP contribution >= 0.6 is 0 Å². The first-order valence-electron chi connectivity index (χ1n) is 5.14. The first kappa shape index (κ1) is 13.2. The van der Waals surface area contributed by atoms with Crippen LogP contribution in [0.1, 0.15) is 6.92 Å². The number of hydrogen-bond acceptors (Lipinski definition) is 2. The van der Waals surface area contributed by atoms with E-state index in [9.17, 15) is 13.6 Å². The van der Waals surface area contributed by atoms with Gasteiger partial charge in [-0.3, -0.25) is 4.79 Å². The molecule has 0 aliphatic carbocycles. The van der Waals surface area contributed by atoms with E-state index in [1.54, 1.807) is 6.92 Å². The Hall–Kier alpha value is -1.91. The van der Waals surface area contributed by atoms with Crippen molar-refractivity contribution in [3.8, 4) is 0 Å². The fourth-order valence-corrected chi connectivity index (χ4v) is 1.23. The van der Waals surface area contributed by atoms with E-state index in [1.807, 2.05) is 0 Å². The summed E-state index contributed by atoms with van der Waals surface area (Å²) in [6.07, 6.45) is 1.54. The molecule has 0 aliphatic heterocycles. The van der Waals surface area contributed by atoms with Gasteiger partial charge in [0.15, 0.2) is 0 Å². The molecule has 1 amide bonds. The van der Waals surface area contributed by atoms with Gasteiger partial charge in [-0.15, -0.1) is 6.58 Å². The lowest BCUT2D eigenvalue weighted by Crippen LogP contribution is -2.37. The molecule has 0 aliphatic rings. The van der Waals surface area contributed by atoms with Crippen molar-refractivity contribution in [3.05, 3.63) is 42.5 Å². The molecule has 0 aromatic heterocycles. The second-order valence-electron chi connectivity index (χ2n) is 3.52. The summed E-state index contributed by atoms with van der Waals surface area (Å²) in [4.78, 5) is 11.5. The van der Waals surface area contributed by atoms with Crippen LogP contribution in [0.4, 0.5) is 14.5 Å². The lowest BCUT2D eigenvalue weighted by atomic mass is 10.2. The van der Waals surface area contributed by atoms with Gasteiger partial charge < -0.3 is 10.6 Å². The maximum absolute atomic E-state index is 13.3. The number of rotatable bonds is 5. The molecule has 1 rings (SSSR count). The minimum Gasteiger partial charge on any atom is -0.371 e. The number of amides is 1. The number of hydrogen-bond donors (Lipinski definition) is 2. The molecule has 1 atom stereocenters. The summed E-state index contributed by atoms with van der Waals surface area (Å²) < 4.78 is 26.1. The van der Waals surface area contributed by atoms with E-state index in [-0.39, 0.29) is 11.6 Å². The Balaban J connectivity index is 2.66. The van der Waals surface area contributed by atoms with Crippen LogP contribution in [-0.2, 0) is 4.79 Å². The van der Waals surface area contributed by atoms with E-state index in [0.29, 0.717) is 6.54 Å². The summed E-state index contributed by atoms with van der Waals surface area (Å²) in [6.45, 7) is 5.35. The zero-order valence-corrected chi connectivity index (χ0v) is 9.47. The molecule has 0 saturated carbocycles. The largest absolute Gasteiger partial charge is 0.371 e. The molecule has 92 valence electrons. The van der Waals surface area contributed by atoms with Crippen LogP contribution in [0.5, 0.6) is 0 Å². The fourth-order valence-electron chi connectivity index (χ4n) is 1.23. The number of anilines is 1. The molecule has 0 saturated heterocycles. The van der Waals surface area contributed by atoms with Crippen LogP contribution < -0.4 is 10.6 Å². The molecule has 0 heterocycles. The van der Waals surface area contributed by atoms with Gasteiger partial charge in [-0.05, 0) is 25.1 Å². The van der Waals surface area contributed by atoms with Gasteiger partial charge in [0.1, 0.15) is 17.7 Å². The molecule has 5 heteroatoms. The van der Waals surface area contributed by atoms with Gasteiger partial charge in [0.25, 0.3) is 0 Å². The topological polar surface area (TPSA) is 41.1 Å². The van der Waals surface area contributed by atoms with E-state index in [4.69, 9.17) is 0 Å². The fraction of sp³-hybridized carbons (Fsp3) is 0.250. The molecule has 0 spiro atoms. The average molecular weight is 240 g/mol. The highest BCUT2D eigenvalue weighted by Gasteiger charge is 2.13. The first-order valence-corrected chi connectivity index (χ1v) is 5.14. The lowest BCUT2D eigenvalue weighted by molar-refractivity contribution is -0.121. The molecular weight excluding hydrogens is 226 g/mol. The third kappa shape index (κ3) is 3.86. The van der Waals surface area contributed by atoms with Crippen molar-refractivity contribution in [2.24, 2.45) is 0 Å². The van der Waals surface area contributed by atoms with Crippen molar-refractivity contribution >= 4 is 11.6 Å². The predicted molar refractivity (Wildman–Crippen MR) is 62.6 cm³/mol. The van der Waals surface area contributed by atoms with Crippen LogP contribution in [0.25, 0.3) is 0 Å². The van der Waals surface area contributed by atoms with Crippen molar-refractivity contribution in [1.82, 2.24) is 5.32 Å². The Bertz CT molecular complexity index is 421. The minimum absolute atomic E-state index is 0.0359. The molecule has 2 N–H and O–H groups in total. The summed E-state index contributed by atoms with van der Waals surface area (Å²) >= 11 is 0. The van der Waals surface area contributed by atoms with E-state index >= 15 is 0 Å². The smallest absolute Gasteiger partial charge is 0.242 e. The molecule has 1 aromatic carbocycles. The Morgan fingerprint density at radius 3 is 2.88 bits per heavy atom.